The third kappa shape index (κ3) is 2.69. The Morgan fingerprint density at radius 1 is 1.06 bits per heavy atom. The van der Waals surface area contributed by atoms with Gasteiger partial charge in [-0.1, -0.05) is 36.4 Å². The van der Waals surface area contributed by atoms with E-state index in [-0.39, 0.29) is 0 Å². The number of hydrogen-bond acceptors (Lipinski definition) is 2. The average Bonchev–Trinajstić information content (AvgIpc) is 2.40. The van der Waals surface area contributed by atoms with Crippen LogP contribution in [0.4, 0.5) is 5.69 Å². The number of carboxylic acid groups (broad SMARTS) is 1. The number of aromatic carboxylic acids is 1. The third-order valence-electron chi connectivity index (χ3n) is 2.85. The van der Waals surface area contributed by atoms with E-state index in [4.69, 9.17) is 5.11 Å². The Kier molecular flexibility index (Phi) is 3.63. The topological polar surface area (TPSA) is 40.5 Å². The second kappa shape index (κ2) is 5.36. The molecule has 0 aromatic heterocycles. The van der Waals surface area contributed by atoms with Gasteiger partial charge in [-0.25, -0.2) is 4.79 Å². The molecule has 3 nitrogen and oxygen atoms in total. The van der Waals surface area contributed by atoms with Crippen LogP contribution < -0.4 is 4.90 Å². The van der Waals surface area contributed by atoms with Gasteiger partial charge in [0.05, 0.1) is 5.56 Å². The summed E-state index contributed by atoms with van der Waals surface area (Å²) in [7, 11) is 1.95. The van der Waals surface area contributed by atoms with Gasteiger partial charge in [-0.2, -0.15) is 0 Å². The minimum absolute atomic E-state index is 0.361. The lowest BCUT2D eigenvalue weighted by molar-refractivity contribution is 0.0695. The Bertz CT molecular complexity index is 537. The number of carbonyl (C=O) groups is 1. The molecule has 92 valence electrons. The van der Waals surface area contributed by atoms with E-state index in [0.717, 1.165) is 11.3 Å². The number of rotatable bonds is 4. The summed E-state index contributed by atoms with van der Waals surface area (Å²) in [6.07, 6.45) is 0. The SMILES string of the molecule is CN(Cc1ccccc1C(=O)O)c1ccccc1. The quantitative estimate of drug-likeness (QED) is 0.894. The fourth-order valence-electron chi connectivity index (χ4n) is 1.90. The Hall–Kier alpha value is -2.29. The van der Waals surface area contributed by atoms with Gasteiger partial charge in [-0.05, 0) is 23.8 Å². The molecule has 2 rings (SSSR count). The van der Waals surface area contributed by atoms with Crippen LogP contribution in [0.2, 0.25) is 0 Å². The number of benzene rings is 2. The van der Waals surface area contributed by atoms with Crippen molar-refractivity contribution in [2.45, 2.75) is 6.54 Å². The summed E-state index contributed by atoms with van der Waals surface area (Å²) in [6, 6.07) is 17.0. The first-order valence-electron chi connectivity index (χ1n) is 5.76. The maximum absolute atomic E-state index is 11.1. The molecule has 2 aromatic carbocycles. The standard InChI is InChI=1S/C15H15NO2/c1-16(13-8-3-2-4-9-13)11-12-7-5-6-10-14(12)15(17)18/h2-10H,11H2,1H3,(H,17,18). The molecule has 1 N–H and O–H groups in total. The summed E-state index contributed by atoms with van der Waals surface area (Å²) >= 11 is 0. The maximum atomic E-state index is 11.1. The summed E-state index contributed by atoms with van der Waals surface area (Å²) in [6.45, 7) is 0.576. The summed E-state index contributed by atoms with van der Waals surface area (Å²) < 4.78 is 0. The van der Waals surface area contributed by atoms with Crippen LogP contribution in [-0.4, -0.2) is 18.1 Å². The largest absolute Gasteiger partial charge is 0.478 e. The molecule has 0 atom stereocenters. The molecule has 3 heteroatoms. The summed E-state index contributed by atoms with van der Waals surface area (Å²) in [5, 5.41) is 9.13. The molecule has 0 spiro atoms. The van der Waals surface area contributed by atoms with E-state index in [1.807, 2.05) is 54.4 Å². The zero-order valence-electron chi connectivity index (χ0n) is 10.2. The third-order valence-corrected chi connectivity index (χ3v) is 2.85. The highest BCUT2D eigenvalue weighted by atomic mass is 16.4. The molecule has 0 aliphatic rings. The van der Waals surface area contributed by atoms with Crippen LogP contribution in [0.5, 0.6) is 0 Å². The molecule has 18 heavy (non-hydrogen) atoms. The summed E-state index contributed by atoms with van der Waals surface area (Å²) in [5.74, 6) is -0.882. The monoisotopic (exact) mass is 241 g/mol. The molecule has 0 bridgehead atoms. The second-order valence-corrected chi connectivity index (χ2v) is 4.15. The van der Waals surface area contributed by atoms with Gasteiger partial charge in [0.25, 0.3) is 0 Å². The zero-order valence-corrected chi connectivity index (χ0v) is 10.2. The van der Waals surface area contributed by atoms with Crippen molar-refractivity contribution in [2.75, 3.05) is 11.9 Å². The molecular formula is C15H15NO2. The van der Waals surface area contributed by atoms with Crippen molar-refractivity contribution in [3.05, 3.63) is 65.7 Å². The molecule has 0 heterocycles. The molecule has 2 aromatic rings. The zero-order chi connectivity index (χ0) is 13.0. The molecule has 0 amide bonds. The Labute approximate surface area is 106 Å². The van der Waals surface area contributed by atoms with Crippen molar-refractivity contribution in [2.24, 2.45) is 0 Å². The Balaban J connectivity index is 2.22. The predicted molar refractivity (Wildman–Crippen MR) is 72.0 cm³/mol. The normalized spacial score (nSPS) is 10.1. The molecule has 0 saturated carbocycles. The van der Waals surface area contributed by atoms with Gasteiger partial charge < -0.3 is 10.0 Å². The second-order valence-electron chi connectivity index (χ2n) is 4.15. The van der Waals surface area contributed by atoms with E-state index >= 15 is 0 Å². The smallest absolute Gasteiger partial charge is 0.336 e. The molecule has 0 saturated heterocycles. The number of para-hydroxylation sites is 1. The fraction of sp³-hybridized carbons (Fsp3) is 0.133. The van der Waals surface area contributed by atoms with E-state index in [2.05, 4.69) is 0 Å². The van der Waals surface area contributed by atoms with E-state index in [9.17, 15) is 4.79 Å². The number of carboxylic acids is 1. The van der Waals surface area contributed by atoms with Gasteiger partial charge in [0, 0.05) is 19.3 Å². The van der Waals surface area contributed by atoms with Gasteiger partial charge in [-0.3, -0.25) is 0 Å². The molecule has 0 aliphatic carbocycles. The molecule has 0 aliphatic heterocycles. The van der Waals surface area contributed by atoms with Gasteiger partial charge >= 0.3 is 5.97 Å². The molecule has 0 unspecified atom stereocenters. The van der Waals surface area contributed by atoms with Gasteiger partial charge in [0.15, 0.2) is 0 Å². The van der Waals surface area contributed by atoms with Gasteiger partial charge in [-0.15, -0.1) is 0 Å². The first-order chi connectivity index (χ1) is 8.68. The number of hydrogen-bond donors (Lipinski definition) is 1. The summed E-state index contributed by atoms with van der Waals surface area (Å²) in [4.78, 5) is 13.2. The first-order valence-corrected chi connectivity index (χ1v) is 5.76. The van der Waals surface area contributed by atoms with Crippen molar-refractivity contribution >= 4 is 11.7 Å². The Morgan fingerprint density at radius 3 is 2.33 bits per heavy atom. The van der Waals surface area contributed by atoms with E-state index in [1.165, 1.54) is 0 Å². The van der Waals surface area contributed by atoms with E-state index < -0.39 is 5.97 Å². The highest BCUT2D eigenvalue weighted by Gasteiger charge is 2.10. The Morgan fingerprint density at radius 2 is 1.67 bits per heavy atom. The molecular weight excluding hydrogens is 226 g/mol. The van der Waals surface area contributed by atoms with Crippen molar-refractivity contribution < 1.29 is 9.90 Å². The summed E-state index contributed by atoms with van der Waals surface area (Å²) in [5.41, 5.74) is 2.24. The van der Waals surface area contributed by atoms with Gasteiger partial charge in [0.2, 0.25) is 0 Å². The molecule has 0 radical (unpaired) electrons. The van der Waals surface area contributed by atoms with Crippen LogP contribution in [0.25, 0.3) is 0 Å². The van der Waals surface area contributed by atoms with Crippen LogP contribution >= 0.6 is 0 Å². The van der Waals surface area contributed by atoms with Crippen LogP contribution in [0.3, 0.4) is 0 Å². The minimum atomic E-state index is -0.882. The van der Waals surface area contributed by atoms with Gasteiger partial charge in [0.1, 0.15) is 0 Å². The lowest BCUT2D eigenvalue weighted by Gasteiger charge is -2.20. The highest BCUT2D eigenvalue weighted by molar-refractivity contribution is 5.89. The lowest BCUT2D eigenvalue weighted by Crippen LogP contribution is -2.18. The van der Waals surface area contributed by atoms with Crippen molar-refractivity contribution in [1.82, 2.24) is 0 Å². The van der Waals surface area contributed by atoms with E-state index in [0.29, 0.717) is 12.1 Å². The fourth-order valence-corrected chi connectivity index (χ4v) is 1.90. The van der Waals surface area contributed by atoms with Crippen LogP contribution in [-0.2, 0) is 6.54 Å². The van der Waals surface area contributed by atoms with Crippen molar-refractivity contribution in [1.29, 1.82) is 0 Å². The number of nitrogens with zero attached hydrogens (tertiary/aromatic N) is 1. The minimum Gasteiger partial charge on any atom is -0.478 e. The van der Waals surface area contributed by atoms with Crippen LogP contribution in [0.15, 0.2) is 54.6 Å². The lowest BCUT2D eigenvalue weighted by atomic mass is 10.1. The highest BCUT2D eigenvalue weighted by Crippen LogP contribution is 2.17. The first kappa shape index (κ1) is 12.2. The maximum Gasteiger partial charge on any atom is 0.336 e. The average molecular weight is 241 g/mol. The van der Waals surface area contributed by atoms with E-state index in [1.54, 1.807) is 12.1 Å². The van der Waals surface area contributed by atoms with Crippen LogP contribution in [0, 0.1) is 0 Å². The molecule has 0 fully saturated rings. The van der Waals surface area contributed by atoms with Crippen LogP contribution in [0.1, 0.15) is 15.9 Å². The van der Waals surface area contributed by atoms with Crippen molar-refractivity contribution in [3.8, 4) is 0 Å². The number of anilines is 1. The predicted octanol–water partition coefficient (Wildman–Crippen LogP) is 3.02. The van der Waals surface area contributed by atoms with Crippen molar-refractivity contribution in [3.63, 3.8) is 0 Å².